The molecule has 5 heteroatoms. The van der Waals surface area contributed by atoms with Crippen LogP contribution in [-0.2, 0) is 21.3 Å². The van der Waals surface area contributed by atoms with Crippen molar-refractivity contribution in [3.8, 4) is 5.75 Å². The van der Waals surface area contributed by atoms with E-state index in [1.807, 2.05) is 13.0 Å². The second-order valence-corrected chi connectivity index (χ2v) is 8.98. The summed E-state index contributed by atoms with van der Waals surface area (Å²) in [6, 6.07) is 7.08. The van der Waals surface area contributed by atoms with Gasteiger partial charge in [-0.05, 0) is 74.4 Å². The van der Waals surface area contributed by atoms with E-state index in [2.05, 4.69) is 31.0 Å². The lowest BCUT2D eigenvalue weighted by atomic mass is 9.45. The van der Waals surface area contributed by atoms with Crippen molar-refractivity contribution in [2.24, 2.45) is 5.41 Å². The van der Waals surface area contributed by atoms with Crippen molar-refractivity contribution in [1.82, 2.24) is 4.90 Å². The highest BCUT2D eigenvalue weighted by atomic mass is 16.8. The smallest absolute Gasteiger partial charge is 0.457 e. The third-order valence-corrected chi connectivity index (χ3v) is 7.64. The highest BCUT2D eigenvalue weighted by molar-refractivity contribution is 5.59. The van der Waals surface area contributed by atoms with Gasteiger partial charge in [0, 0.05) is 11.5 Å². The topological polar surface area (TPSA) is 48.0 Å². The van der Waals surface area contributed by atoms with E-state index in [-0.39, 0.29) is 12.2 Å². The number of hydrogen-bond acceptors (Lipinski definition) is 5. The molecule has 0 unspecified atom stereocenters. The lowest BCUT2D eigenvalue weighted by Gasteiger charge is -2.65. The fourth-order valence-electron chi connectivity index (χ4n) is 6.16. The predicted molar refractivity (Wildman–Crippen MR) is 108 cm³/mol. The van der Waals surface area contributed by atoms with Gasteiger partial charge >= 0.3 is 6.16 Å². The zero-order chi connectivity index (χ0) is 19.8. The first-order chi connectivity index (χ1) is 13.5. The van der Waals surface area contributed by atoms with Crippen molar-refractivity contribution in [1.29, 1.82) is 0 Å². The average molecular weight is 388 g/mol. The number of likely N-dealkylation sites (N-methyl/N-ethyl adjacent to an activating group) is 1. The molecular weight excluding hydrogens is 354 g/mol. The van der Waals surface area contributed by atoms with E-state index in [9.17, 15) is 4.79 Å². The van der Waals surface area contributed by atoms with E-state index in [4.69, 9.17) is 14.2 Å². The first-order valence-electron chi connectivity index (χ1n) is 10.8. The van der Waals surface area contributed by atoms with Crippen LogP contribution < -0.4 is 4.74 Å². The van der Waals surface area contributed by atoms with Gasteiger partial charge in [-0.2, -0.15) is 0 Å². The average Bonchev–Trinajstić information content (AvgIpc) is 2.69. The molecule has 2 aliphatic carbocycles. The third-order valence-electron chi connectivity index (χ3n) is 7.64. The summed E-state index contributed by atoms with van der Waals surface area (Å²) in [6.07, 6.45) is 7.65. The number of piperidine rings is 1. The summed E-state index contributed by atoms with van der Waals surface area (Å²) in [6.45, 7) is 5.89. The maximum Gasteiger partial charge on any atom is 0.511 e. The SMILES string of the molecule is CCCOC(=O)OCOc1ccc2c(c1)[C@]13CCCC[C@]1(C)[C@H](C2)N(C)CC3. The Morgan fingerprint density at radius 3 is 2.86 bits per heavy atom. The molecule has 3 atom stereocenters. The molecule has 2 fully saturated rings. The van der Waals surface area contributed by atoms with Gasteiger partial charge in [0.15, 0.2) is 0 Å². The van der Waals surface area contributed by atoms with Gasteiger partial charge in [0.25, 0.3) is 0 Å². The van der Waals surface area contributed by atoms with Gasteiger partial charge in [-0.1, -0.05) is 32.8 Å². The summed E-state index contributed by atoms with van der Waals surface area (Å²) in [5, 5.41) is 0. The molecule has 5 nitrogen and oxygen atoms in total. The van der Waals surface area contributed by atoms with Crippen LogP contribution in [0.3, 0.4) is 0 Å². The largest absolute Gasteiger partial charge is 0.511 e. The molecule has 1 aliphatic heterocycles. The maximum atomic E-state index is 11.5. The van der Waals surface area contributed by atoms with E-state index in [1.165, 1.54) is 43.2 Å². The number of likely N-dealkylation sites (tertiary alicyclic amines) is 1. The van der Waals surface area contributed by atoms with Gasteiger partial charge in [-0.3, -0.25) is 0 Å². The van der Waals surface area contributed by atoms with Crippen LogP contribution >= 0.6 is 0 Å². The molecule has 0 radical (unpaired) electrons. The molecule has 1 heterocycles. The fraction of sp³-hybridized carbons (Fsp3) is 0.696. The fourth-order valence-corrected chi connectivity index (χ4v) is 6.16. The second-order valence-electron chi connectivity index (χ2n) is 8.98. The monoisotopic (exact) mass is 387 g/mol. The van der Waals surface area contributed by atoms with Crippen LogP contribution in [0, 0.1) is 5.41 Å². The maximum absolute atomic E-state index is 11.5. The Morgan fingerprint density at radius 2 is 2.04 bits per heavy atom. The number of carbonyl (C=O) groups is 1. The molecule has 2 bridgehead atoms. The number of hydrogen-bond donors (Lipinski definition) is 0. The molecule has 3 aliphatic rings. The number of carbonyl (C=O) groups excluding carboxylic acids is 1. The van der Waals surface area contributed by atoms with Crippen molar-refractivity contribution in [3.05, 3.63) is 29.3 Å². The van der Waals surface area contributed by atoms with E-state index >= 15 is 0 Å². The molecule has 0 amide bonds. The Morgan fingerprint density at radius 1 is 1.21 bits per heavy atom. The number of fused-ring (bicyclic) bond motifs is 1. The summed E-state index contributed by atoms with van der Waals surface area (Å²) >= 11 is 0. The van der Waals surface area contributed by atoms with Crippen molar-refractivity contribution >= 4 is 6.16 Å². The zero-order valence-electron chi connectivity index (χ0n) is 17.5. The summed E-state index contributed by atoms with van der Waals surface area (Å²) < 4.78 is 15.7. The normalized spacial score (nSPS) is 31.5. The van der Waals surface area contributed by atoms with Crippen LogP contribution in [0.5, 0.6) is 5.75 Å². The molecule has 28 heavy (non-hydrogen) atoms. The quantitative estimate of drug-likeness (QED) is 0.543. The van der Waals surface area contributed by atoms with E-state index in [0.717, 1.165) is 25.1 Å². The molecule has 154 valence electrons. The highest BCUT2D eigenvalue weighted by Gasteiger charge is 2.60. The molecule has 0 spiro atoms. The standard InChI is InChI=1S/C23H33NO4/c1-4-13-26-21(25)28-16-27-18-8-7-17-14-20-22(2)9-5-6-10-23(22,19(17)15-18)11-12-24(20)3/h7-8,15,20H,4-6,9-14,16H2,1-3H3/t20-,22+,23+/m0/s1. The van der Waals surface area contributed by atoms with Crippen molar-refractivity contribution in [2.45, 2.75) is 70.3 Å². The van der Waals surface area contributed by atoms with E-state index in [0.29, 0.717) is 18.1 Å². The van der Waals surface area contributed by atoms with Crippen molar-refractivity contribution in [3.63, 3.8) is 0 Å². The third kappa shape index (κ3) is 3.08. The van der Waals surface area contributed by atoms with Crippen molar-refractivity contribution in [2.75, 3.05) is 27.0 Å². The first kappa shape index (κ1) is 19.6. The zero-order valence-corrected chi connectivity index (χ0v) is 17.5. The minimum absolute atomic E-state index is 0.114. The highest BCUT2D eigenvalue weighted by Crippen LogP contribution is 2.62. The Hall–Kier alpha value is -1.75. The lowest BCUT2D eigenvalue weighted by Crippen LogP contribution is -2.66. The van der Waals surface area contributed by atoms with Gasteiger partial charge in [-0.25, -0.2) is 4.79 Å². The number of nitrogens with zero attached hydrogens (tertiary/aromatic N) is 1. The summed E-state index contributed by atoms with van der Waals surface area (Å²) in [5.41, 5.74) is 3.51. The van der Waals surface area contributed by atoms with Crippen molar-refractivity contribution < 1.29 is 19.0 Å². The summed E-state index contributed by atoms with van der Waals surface area (Å²) in [5.74, 6) is 0.779. The molecule has 1 aromatic carbocycles. The molecule has 4 rings (SSSR count). The van der Waals surface area contributed by atoms with E-state index in [1.54, 1.807) is 0 Å². The first-order valence-corrected chi connectivity index (χ1v) is 10.8. The molecule has 1 saturated carbocycles. The summed E-state index contributed by atoms with van der Waals surface area (Å²) in [7, 11) is 2.30. The van der Waals surface area contributed by atoms with Gasteiger partial charge in [-0.15, -0.1) is 0 Å². The molecule has 0 aromatic heterocycles. The molecular formula is C23H33NO4. The lowest BCUT2D eigenvalue weighted by molar-refractivity contribution is -0.0737. The van der Waals surface area contributed by atoms with Gasteiger partial charge < -0.3 is 19.1 Å². The van der Waals surface area contributed by atoms with Crippen LogP contribution in [0.1, 0.15) is 63.5 Å². The Bertz CT molecular complexity index is 735. The molecule has 0 N–H and O–H groups in total. The van der Waals surface area contributed by atoms with Gasteiger partial charge in [0.2, 0.25) is 6.79 Å². The van der Waals surface area contributed by atoms with Crippen LogP contribution in [-0.4, -0.2) is 44.1 Å². The van der Waals surface area contributed by atoms with Gasteiger partial charge in [0.05, 0.1) is 6.61 Å². The Kier molecular flexibility index (Phi) is 5.30. The Balaban J connectivity index is 1.55. The Labute approximate surface area is 168 Å². The molecule has 1 aromatic rings. The second kappa shape index (κ2) is 7.58. The number of benzene rings is 1. The number of rotatable bonds is 5. The van der Waals surface area contributed by atoms with E-state index < -0.39 is 6.16 Å². The summed E-state index contributed by atoms with van der Waals surface area (Å²) in [4.78, 5) is 14.1. The van der Waals surface area contributed by atoms with Crippen LogP contribution in [0.25, 0.3) is 0 Å². The van der Waals surface area contributed by atoms with Crippen LogP contribution in [0.15, 0.2) is 18.2 Å². The number of ether oxygens (including phenoxy) is 3. The van der Waals surface area contributed by atoms with Crippen LogP contribution in [0.2, 0.25) is 0 Å². The predicted octanol–water partition coefficient (Wildman–Crippen LogP) is 4.66. The minimum atomic E-state index is -0.670. The molecule has 1 saturated heterocycles. The van der Waals surface area contributed by atoms with Crippen LogP contribution in [0.4, 0.5) is 4.79 Å². The van der Waals surface area contributed by atoms with Gasteiger partial charge in [0.1, 0.15) is 5.75 Å². The minimum Gasteiger partial charge on any atom is -0.457 e.